The Morgan fingerprint density at radius 1 is 1.05 bits per heavy atom. The van der Waals surface area contributed by atoms with Crippen molar-refractivity contribution in [1.29, 1.82) is 0 Å². The highest BCUT2D eigenvalue weighted by Gasteiger charge is 2.26. The molecule has 1 heterocycles. The molecule has 1 saturated heterocycles. The summed E-state index contributed by atoms with van der Waals surface area (Å²) in [6.45, 7) is 13.3. The lowest BCUT2D eigenvalue weighted by atomic mass is 9.78. The second-order valence-electron chi connectivity index (χ2n) is 8.14. The second-order valence-corrected chi connectivity index (χ2v) is 8.14. The molecule has 1 fully saturated rings. The van der Waals surface area contributed by atoms with E-state index >= 15 is 0 Å². The quantitative estimate of drug-likeness (QED) is 0.773. The summed E-state index contributed by atoms with van der Waals surface area (Å²) < 4.78 is 0. The van der Waals surface area contributed by atoms with E-state index in [-0.39, 0.29) is 16.7 Å². The van der Waals surface area contributed by atoms with Crippen LogP contribution in [0.3, 0.4) is 0 Å². The number of rotatable bonds is 1. The topological polar surface area (TPSA) is 49.3 Å². The molecule has 3 heteroatoms. The van der Waals surface area contributed by atoms with Crippen molar-refractivity contribution in [3.05, 3.63) is 34.4 Å². The van der Waals surface area contributed by atoms with Gasteiger partial charge in [0.05, 0.1) is 0 Å². The molecule has 0 aliphatic carbocycles. The van der Waals surface area contributed by atoms with Gasteiger partial charge in [-0.15, -0.1) is 0 Å². The van der Waals surface area contributed by atoms with Crippen molar-refractivity contribution in [1.82, 2.24) is 5.32 Å². The van der Waals surface area contributed by atoms with Gasteiger partial charge in [-0.05, 0) is 41.0 Å². The first-order valence-corrected chi connectivity index (χ1v) is 7.87. The minimum atomic E-state index is -0.156. The highest BCUT2D eigenvalue weighted by atomic mass is 16.3. The van der Waals surface area contributed by atoms with Gasteiger partial charge in [-0.2, -0.15) is 0 Å². The van der Waals surface area contributed by atoms with Crippen molar-refractivity contribution in [3.8, 4) is 5.75 Å². The van der Waals surface area contributed by atoms with E-state index < -0.39 is 0 Å². The van der Waals surface area contributed by atoms with Crippen molar-refractivity contribution in [2.45, 2.75) is 58.8 Å². The van der Waals surface area contributed by atoms with Crippen LogP contribution >= 0.6 is 0 Å². The fraction of sp³-hybridized carbons (Fsp3) is 0.526. The maximum atomic E-state index is 11.8. The number of phenols is 1. The molecule has 0 atom stereocenters. The lowest BCUT2D eigenvalue weighted by Crippen LogP contribution is -2.17. The third-order valence-corrected chi connectivity index (χ3v) is 4.06. The van der Waals surface area contributed by atoms with Crippen molar-refractivity contribution in [3.63, 3.8) is 0 Å². The van der Waals surface area contributed by atoms with E-state index in [2.05, 4.69) is 46.9 Å². The number of benzene rings is 1. The fourth-order valence-electron chi connectivity index (χ4n) is 2.76. The maximum absolute atomic E-state index is 11.8. The van der Waals surface area contributed by atoms with Gasteiger partial charge in [-0.25, -0.2) is 0 Å². The molecule has 0 spiro atoms. The van der Waals surface area contributed by atoms with E-state index in [0.29, 0.717) is 12.3 Å². The lowest BCUT2D eigenvalue weighted by Gasteiger charge is -2.28. The molecule has 22 heavy (non-hydrogen) atoms. The van der Waals surface area contributed by atoms with Gasteiger partial charge in [0.2, 0.25) is 5.91 Å². The van der Waals surface area contributed by atoms with E-state index in [4.69, 9.17) is 0 Å². The van der Waals surface area contributed by atoms with Crippen molar-refractivity contribution in [2.75, 3.05) is 6.54 Å². The Hall–Kier alpha value is -1.77. The maximum Gasteiger partial charge on any atom is 0.247 e. The Balaban J connectivity index is 2.63. The van der Waals surface area contributed by atoms with Gasteiger partial charge in [-0.3, -0.25) is 4.79 Å². The van der Waals surface area contributed by atoms with Crippen molar-refractivity contribution < 1.29 is 9.90 Å². The molecular formula is C19H27NO2. The molecule has 1 aliphatic heterocycles. The number of phenolic OH excluding ortho intramolecular Hbond substituents is 1. The van der Waals surface area contributed by atoms with Gasteiger partial charge in [0.1, 0.15) is 5.75 Å². The summed E-state index contributed by atoms with van der Waals surface area (Å²) in [6, 6.07) is 4.01. The van der Waals surface area contributed by atoms with E-state index in [1.807, 2.05) is 18.2 Å². The minimum Gasteiger partial charge on any atom is -0.507 e. The summed E-state index contributed by atoms with van der Waals surface area (Å²) >= 11 is 0. The van der Waals surface area contributed by atoms with Crippen LogP contribution in [0.1, 0.15) is 64.7 Å². The lowest BCUT2D eigenvalue weighted by molar-refractivity contribution is -0.116. The average molecular weight is 301 g/mol. The van der Waals surface area contributed by atoms with Crippen LogP contribution in [-0.2, 0) is 15.6 Å². The highest BCUT2D eigenvalue weighted by Crippen LogP contribution is 2.40. The average Bonchev–Trinajstić information content (AvgIpc) is 2.74. The zero-order chi connectivity index (χ0) is 16.7. The summed E-state index contributed by atoms with van der Waals surface area (Å²) in [6.07, 6.45) is 2.71. The number of carbonyl (C=O) groups excluding carboxylic acids is 1. The van der Waals surface area contributed by atoms with Gasteiger partial charge in [0.15, 0.2) is 0 Å². The predicted molar refractivity (Wildman–Crippen MR) is 91.1 cm³/mol. The monoisotopic (exact) mass is 301 g/mol. The Labute approximate surface area is 133 Å². The zero-order valence-corrected chi connectivity index (χ0v) is 14.5. The largest absolute Gasteiger partial charge is 0.507 e. The molecule has 1 aromatic rings. The highest BCUT2D eigenvalue weighted by molar-refractivity contribution is 5.99. The Morgan fingerprint density at radius 2 is 1.55 bits per heavy atom. The van der Waals surface area contributed by atoms with Crippen LogP contribution in [0.5, 0.6) is 5.75 Å². The molecule has 1 aromatic carbocycles. The van der Waals surface area contributed by atoms with Crippen LogP contribution in [0, 0.1) is 0 Å². The van der Waals surface area contributed by atoms with Gasteiger partial charge in [-0.1, -0.05) is 41.5 Å². The number of hydrogen-bond donors (Lipinski definition) is 2. The standard InChI is InChI=1S/C19H27NO2/c1-18(2,3)14-10-12(9-13-7-8-20-17(13)22)11-15(16(14)21)19(4,5)6/h9-11,21H,7-8H2,1-6H3,(H,20,22)/b13-9-. The van der Waals surface area contributed by atoms with E-state index in [9.17, 15) is 9.90 Å². The van der Waals surface area contributed by atoms with Gasteiger partial charge in [0, 0.05) is 23.2 Å². The van der Waals surface area contributed by atoms with Gasteiger partial charge >= 0.3 is 0 Å². The molecule has 2 rings (SSSR count). The van der Waals surface area contributed by atoms with E-state index in [1.165, 1.54) is 0 Å². The minimum absolute atomic E-state index is 0.0164. The molecule has 0 radical (unpaired) electrons. The second kappa shape index (κ2) is 5.45. The molecule has 0 saturated carbocycles. The Morgan fingerprint density at radius 3 is 1.91 bits per heavy atom. The van der Waals surface area contributed by atoms with E-state index in [1.54, 1.807) is 0 Å². The van der Waals surface area contributed by atoms with E-state index in [0.717, 1.165) is 28.7 Å². The van der Waals surface area contributed by atoms with Crippen molar-refractivity contribution in [2.24, 2.45) is 0 Å². The number of nitrogens with one attached hydrogen (secondary N) is 1. The zero-order valence-electron chi connectivity index (χ0n) is 14.5. The van der Waals surface area contributed by atoms with Crippen molar-refractivity contribution >= 4 is 12.0 Å². The number of amides is 1. The summed E-state index contributed by atoms with van der Waals surface area (Å²) in [5.74, 6) is 0.390. The van der Waals surface area contributed by atoms with Crippen LogP contribution in [0.15, 0.2) is 17.7 Å². The molecule has 0 unspecified atom stereocenters. The van der Waals surface area contributed by atoms with Gasteiger partial charge < -0.3 is 10.4 Å². The first-order chi connectivity index (χ1) is 10.00. The Kier molecular flexibility index (Phi) is 4.12. The molecule has 1 aliphatic rings. The molecular weight excluding hydrogens is 274 g/mol. The normalized spacial score (nSPS) is 17.9. The van der Waals surface area contributed by atoms with Crippen LogP contribution in [-0.4, -0.2) is 17.6 Å². The number of hydrogen-bond acceptors (Lipinski definition) is 2. The molecule has 2 N–H and O–H groups in total. The first kappa shape index (κ1) is 16.6. The third-order valence-electron chi connectivity index (χ3n) is 4.06. The summed E-state index contributed by atoms with van der Waals surface area (Å²) in [5, 5.41) is 13.5. The third kappa shape index (κ3) is 3.34. The van der Waals surface area contributed by atoms with Crippen LogP contribution in [0.4, 0.5) is 0 Å². The fourth-order valence-corrected chi connectivity index (χ4v) is 2.76. The van der Waals surface area contributed by atoms with Crippen LogP contribution < -0.4 is 5.32 Å². The summed E-state index contributed by atoms with van der Waals surface area (Å²) in [5.41, 5.74) is 3.33. The van der Waals surface area contributed by atoms with Crippen LogP contribution in [0.2, 0.25) is 0 Å². The molecule has 3 nitrogen and oxygen atoms in total. The Bertz CT molecular complexity index is 593. The summed E-state index contributed by atoms with van der Waals surface area (Å²) in [7, 11) is 0. The number of carbonyl (C=O) groups is 1. The SMILES string of the molecule is CC(C)(C)c1cc(/C=C2/CCNC2=O)cc(C(C)(C)C)c1O. The molecule has 120 valence electrons. The molecule has 0 bridgehead atoms. The number of aromatic hydroxyl groups is 1. The van der Waals surface area contributed by atoms with Crippen LogP contribution in [0.25, 0.3) is 6.08 Å². The molecule has 0 aromatic heterocycles. The smallest absolute Gasteiger partial charge is 0.247 e. The first-order valence-electron chi connectivity index (χ1n) is 7.87. The summed E-state index contributed by atoms with van der Waals surface area (Å²) in [4.78, 5) is 11.8. The molecule has 1 amide bonds. The van der Waals surface area contributed by atoms with Gasteiger partial charge in [0.25, 0.3) is 0 Å². The predicted octanol–water partition coefficient (Wildman–Crippen LogP) is 3.89.